The van der Waals surface area contributed by atoms with Crippen LogP contribution in [0.4, 0.5) is 5.69 Å². The summed E-state index contributed by atoms with van der Waals surface area (Å²) >= 11 is 12.6. The number of nitrogens with zero attached hydrogens (tertiary/aromatic N) is 2. The van der Waals surface area contributed by atoms with E-state index in [1.807, 2.05) is 13.8 Å². The maximum absolute atomic E-state index is 14.2. The van der Waals surface area contributed by atoms with Gasteiger partial charge < -0.3 is 15.0 Å². The first-order valence-corrected chi connectivity index (χ1v) is 17.0. The van der Waals surface area contributed by atoms with E-state index in [9.17, 15) is 18.0 Å². The van der Waals surface area contributed by atoms with Gasteiger partial charge in [0, 0.05) is 22.6 Å². The molecule has 3 aromatic rings. The molecule has 0 aliphatic heterocycles. The van der Waals surface area contributed by atoms with E-state index in [0.717, 1.165) is 42.0 Å². The van der Waals surface area contributed by atoms with E-state index in [4.69, 9.17) is 27.9 Å². The number of ether oxygens (including phenoxy) is 1. The number of halogens is 2. The number of carbonyl (C=O) groups excluding carboxylic acids is 2. The quantitative estimate of drug-likeness (QED) is 0.232. The van der Waals surface area contributed by atoms with Gasteiger partial charge in [0.25, 0.3) is 10.0 Å². The molecule has 1 N–H and O–H groups in total. The summed E-state index contributed by atoms with van der Waals surface area (Å²) in [7, 11) is -4.20. The topological polar surface area (TPSA) is 96.0 Å². The molecule has 0 heterocycles. The number of sulfonamides is 1. The number of hydrogen-bond acceptors (Lipinski definition) is 5. The van der Waals surface area contributed by atoms with Crippen molar-refractivity contribution in [2.24, 2.45) is 0 Å². The molecule has 2 amide bonds. The second kappa shape index (κ2) is 15.1. The monoisotopic (exact) mass is 659 g/mol. The molecule has 0 radical (unpaired) electrons. The Morgan fingerprint density at radius 3 is 2.25 bits per heavy atom. The van der Waals surface area contributed by atoms with Crippen molar-refractivity contribution in [2.45, 2.75) is 76.4 Å². The summed E-state index contributed by atoms with van der Waals surface area (Å²) in [5.41, 5.74) is 1.84. The molecule has 1 saturated carbocycles. The van der Waals surface area contributed by atoms with Gasteiger partial charge in [-0.25, -0.2) is 8.42 Å². The molecule has 8 nitrogen and oxygen atoms in total. The maximum Gasteiger partial charge on any atom is 0.264 e. The van der Waals surface area contributed by atoms with Crippen LogP contribution in [0.2, 0.25) is 10.0 Å². The van der Waals surface area contributed by atoms with Gasteiger partial charge in [0.2, 0.25) is 11.8 Å². The highest BCUT2D eigenvalue weighted by Gasteiger charge is 2.33. The van der Waals surface area contributed by atoms with Crippen molar-refractivity contribution < 1.29 is 22.7 Å². The molecular formula is C33H39Cl2N3O5S. The number of carbonyl (C=O) groups is 2. The van der Waals surface area contributed by atoms with Crippen molar-refractivity contribution in [1.29, 1.82) is 0 Å². The zero-order valence-electron chi connectivity index (χ0n) is 25.3. The normalized spacial score (nSPS) is 14.5. The van der Waals surface area contributed by atoms with Gasteiger partial charge in [0.15, 0.2) is 0 Å². The summed E-state index contributed by atoms with van der Waals surface area (Å²) in [6.45, 7) is 5.27. The average Bonchev–Trinajstić information content (AvgIpc) is 3.00. The van der Waals surface area contributed by atoms with Crippen LogP contribution in [0.1, 0.15) is 57.1 Å². The Bertz CT molecular complexity index is 1540. The molecule has 0 spiro atoms. The number of nitrogens with one attached hydrogen (secondary N) is 1. The SMILES string of the molecule is CCOc1ccc(S(=O)(=O)N(CC(=O)N(Cc2ccc(Cl)cc2Cl)[C@H](C)C(=O)NC2CCCCC2)c2ccc(C)cc2)cc1. The first kappa shape index (κ1) is 33.6. The Morgan fingerprint density at radius 2 is 1.64 bits per heavy atom. The van der Waals surface area contributed by atoms with Gasteiger partial charge in [-0.15, -0.1) is 0 Å². The second-order valence-corrected chi connectivity index (χ2v) is 13.7. The van der Waals surface area contributed by atoms with Crippen LogP contribution in [0.5, 0.6) is 5.75 Å². The molecule has 11 heteroatoms. The third-order valence-corrected chi connectivity index (χ3v) is 10.2. The number of amides is 2. The number of anilines is 1. The molecule has 0 bridgehead atoms. The summed E-state index contributed by atoms with van der Waals surface area (Å²) in [6.07, 6.45) is 4.99. The van der Waals surface area contributed by atoms with E-state index in [1.54, 1.807) is 61.5 Å². The van der Waals surface area contributed by atoms with Gasteiger partial charge in [0.1, 0.15) is 18.3 Å². The number of rotatable bonds is 12. The molecule has 4 rings (SSSR count). The summed E-state index contributed by atoms with van der Waals surface area (Å²) in [5, 5.41) is 3.87. The summed E-state index contributed by atoms with van der Waals surface area (Å²) in [5.74, 6) is -0.322. The number of benzene rings is 3. The predicted molar refractivity (Wildman–Crippen MR) is 175 cm³/mol. The molecule has 3 aromatic carbocycles. The molecule has 1 fully saturated rings. The van der Waals surface area contributed by atoms with Crippen LogP contribution >= 0.6 is 23.2 Å². The largest absolute Gasteiger partial charge is 0.494 e. The molecule has 0 unspecified atom stereocenters. The number of aryl methyl sites for hydroxylation is 1. The highest BCUT2D eigenvalue weighted by molar-refractivity contribution is 7.92. The van der Waals surface area contributed by atoms with Crippen molar-refractivity contribution in [1.82, 2.24) is 10.2 Å². The molecule has 0 saturated heterocycles. The lowest BCUT2D eigenvalue weighted by atomic mass is 9.95. The maximum atomic E-state index is 14.2. The van der Waals surface area contributed by atoms with Gasteiger partial charge >= 0.3 is 0 Å². The fraction of sp³-hybridized carbons (Fsp3) is 0.394. The van der Waals surface area contributed by atoms with Crippen molar-refractivity contribution in [3.8, 4) is 5.75 Å². The third kappa shape index (κ3) is 8.46. The summed E-state index contributed by atoms with van der Waals surface area (Å²) < 4.78 is 34.7. The molecule has 236 valence electrons. The smallest absolute Gasteiger partial charge is 0.264 e. The lowest BCUT2D eigenvalue weighted by Crippen LogP contribution is -2.53. The molecule has 0 aromatic heterocycles. The Balaban J connectivity index is 1.68. The third-order valence-electron chi connectivity index (χ3n) is 7.80. The van der Waals surface area contributed by atoms with Crippen LogP contribution in [-0.2, 0) is 26.2 Å². The minimum atomic E-state index is -4.20. The molecule has 44 heavy (non-hydrogen) atoms. The summed E-state index contributed by atoms with van der Waals surface area (Å²) in [4.78, 5) is 29.0. The Hall–Kier alpha value is -3.27. The van der Waals surface area contributed by atoms with Gasteiger partial charge in [0.05, 0.1) is 17.2 Å². The number of hydrogen-bond donors (Lipinski definition) is 1. The lowest BCUT2D eigenvalue weighted by Gasteiger charge is -2.33. The van der Waals surface area contributed by atoms with Gasteiger partial charge in [-0.2, -0.15) is 0 Å². The Kier molecular flexibility index (Phi) is 11.6. The molecule has 1 atom stereocenters. The zero-order chi connectivity index (χ0) is 31.9. The minimum Gasteiger partial charge on any atom is -0.494 e. The van der Waals surface area contributed by atoms with E-state index in [1.165, 1.54) is 17.0 Å². The van der Waals surface area contributed by atoms with Crippen molar-refractivity contribution >= 4 is 50.7 Å². The minimum absolute atomic E-state index is 0.00436. The average molecular weight is 661 g/mol. The Morgan fingerprint density at radius 1 is 0.977 bits per heavy atom. The van der Waals surface area contributed by atoms with Crippen molar-refractivity contribution in [3.05, 3.63) is 87.9 Å². The summed E-state index contributed by atoms with van der Waals surface area (Å²) in [6, 6.07) is 17.0. The highest BCUT2D eigenvalue weighted by Crippen LogP contribution is 2.28. The van der Waals surface area contributed by atoms with Crippen LogP contribution in [0.3, 0.4) is 0 Å². The molecule has 1 aliphatic rings. The fourth-order valence-electron chi connectivity index (χ4n) is 5.23. The van der Waals surface area contributed by atoms with E-state index >= 15 is 0 Å². The van der Waals surface area contributed by atoms with Crippen LogP contribution in [0.25, 0.3) is 0 Å². The first-order valence-electron chi connectivity index (χ1n) is 14.9. The van der Waals surface area contributed by atoms with E-state index in [-0.39, 0.29) is 23.4 Å². The molecule has 1 aliphatic carbocycles. The van der Waals surface area contributed by atoms with Crippen LogP contribution < -0.4 is 14.4 Å². The van der Waals surface area contributed by atoms with Crippen LogP contribution in [0.15, 0.2) is 71.6 Å². The standard InChI is InChI=1S/C33H39Cl2N3O5S/c1-4-43-29-16-18-30(19-17-29)44(41,42)38(28-14-10-23(2)11-15-28)22-32(39)37(21-25-12-13-26(34)20-31(25)35)24(3)33(40)36-27-8-6-5-7-9-27/h10-20,24,27H,4-9,21-22H2,1-3H3,(H,36,40)/t24-/m1/s1. The van der Waals surface area contributed by atoms with Crippen molar-refractivity contribution in [3.63, 3.8) is 0 Å². The lowest BCUT2D eigenvalue weighted by molar-refractivity contribution is -0.139. The highest BCUT2D eigenvalue weighted by atomic mass is 35.5. The predicted octanol–water partition coefficient (Wildman–Crippen LogP) is 6.76. The molecular weight excluding hydrogens is 621 g/mol. The van der Waals surface area contributed by atoms with Crippen LogP contribution in [0, 0.1) is 6.92 Å². The van der Waals surface area contributed by atoms with E-state index in [2.05, 4.69) is 5.32 Å². The zero-order valence-corrected chi connectivity index (χ0v) is 27.6. The Labute approximate surface area is 270 Å². The van der Waals surface area contributed by atoms with E-state index < -0.39 is 28.5 Å². The van der Waals surface area contributed by atoms with Gasteiger partial charge in [-0.3, -0.25) is 13.9 Å². The second-order valence-electron chi connectivity index (χ2n) is 11.0. The fourth-order valence-corrected chi connectivity index (χ4v) is 7.11. The van der Waals surface area contributed by atoms with Gasteiger partial charge in [-0.05, 0) is 87.7 Å². The first-order chi connectivity index (χ1) is 21.0. The van der Waals surface area contributed by atoms with Gasteiger partial charge in [-0.1, -0.05) is 66.2 Å². The van der Waals surface area contributed by atoms with Crippen molar-refractivity contribution in [2.75, 3.05) is 17.5 Å². The van der Waals surface area contributed by atoms with E-state index in [0.29, 0.717) is 33.7 Å². The van der Waals surface area contributed by atoms with Crippen LogP contribution in [-0.4, -0.2) is 50.4 Å².